The van der Waals surface area contributed by atoms with E-state index in [0.29, 0.717) is 11.8 Å². The molecule has 11 atom stereocenters. The Morgan fingerprint density at radius 3 is 1.19 bits per heavy atom. The van der Waals surface area contributed by atoms with E-state index >= 15 is 0 Å². The van der Waals surface area contributed by atoms with Crippen molar-refractivity contribution in [1.29, 1.82) is 0 Å². The minimum Gasteiger partial charge on any atom is -0.507 e. The van der Waals surface area contributed by atoms with Crippen LogP contribution in [0.25, 0.3) is 0 Å². The Morgan fingerprint density at radius 1 is 0.505 bits per heavy atom. The topological polar surface area (TPSA) is 794 Å². The highest BCUT2D eigenvalue weighted by molar-refractivity contribution is 8.00. The molecule has 0 spiro atoms. The first-order valence-corrected chi connectivity index (χ1v) is 31.7. The molecule has 4 rings (SSSR count). The summed E-state index contributed by atoms with van der Waals surface area (Å²) in [5.74, 6) is -19.4. The van der Waals surface area contributed by atoms with Gasteiger partial charge >= 0.3 is 47.8 Å². The molecule has 564 valence electrons. The Hall–Kier alpha value is -11.1. The summed E-state index contributed by atoms with van der Waals surface area (Å²) >= 11 is 2.19. The second-order valence-corrected chi connectivity index (χ2v) is 24.1. The maximum atomic E-state index is 12.6. The third-order valence-electron chi connectivity index (χ3n) is 13.2. The number of nitro benzene ring substituents is 2. The highest BCUT2D eigenvalue weighted by atomic mass is 32.2. The SMILES string of the molecule is NC(=O)c1ccc(SCC(NC(=O)CCC(N)C(=O)O)C(=O)NCC(=O)O)c([N+](=O)[O-])c1.NC(=O)c1ccc(SCC(NC(=O)CCC(N)C(=O)O)C(=O)O)c([N+](=O)[O-])c1.NC(CCC(=O)NC(CSc1c(O)cc(C(=O)OC2OC(C(=O)O)[C@@H](O)[C@H](O)[C@H]2O)cc1O)C(=O)NCC(=O)O)C(=O)O. The number of thioether (sulfide) groups is 3. The van der Waals surface area contributed by atoms with Crippen molar-refractivity contribution < 1.29 is 153 Å². The Kier molecular flexibility index (Phi) is 36.1. The molecule has 27 N–H and O–H groups in total. The number of hydrogen-bond acceptors (Lipinski definition) is 32. The number of aliphatic carboxylic acids is 7. The fourth-order valence-electron chi connectivity index (χ4n) is 7.71. The van der Waals surface area contributed by atoms with Gasteiger partial charge in [-0.1, -0.05) is 0 Å². The summed E-state index contributed by atoms with van der Waals surface area (Å²) in [4.78, 5) is 193. The van der Waals surface area contributed by atoms with E-state index in [-0.39, 0.29) is 69.4 Å². The van der Waals surface area contributed by atoms with E-state index in [2.05, 4.69) is 21.3 Å². The van der Waals surface area contributed by atoms with Gasteiger partial charge in [0, 0.05) is 59.8 Å². The summed E-state index contributed by atoms with van der Waals surface area (Å²) in [6, 6.07) is 0.503. The molecule has 7 amide bonds. The lowest BCUT2D eigenvalue weighted by Gasteiger charge is -2.37. The van der Waals surface area contributed by atoms with Crippen molar-refractivity contribution in [2.75, 3.05) is 30.3 Å². The lowest BCUT2D eigenvalue weighted by molar-refractivity contribution is -0.387. The zero-order chi connectivity index (χ0) is 78.4. The van der Waals surface area contributed by atoms with Gasteiger partial charge < -0.3 is 126 Å². The van der Waals surface area contributed by atoms with E-state index in [1.54, 1.807) is 0 Å². The van der Waals surface area contributed by atoms with Gasteiger partial charge in [0.25, 0.3) is 11.4 Å². The minimum atomic E-state index is -2.07. The van der Waals surface area contributed by atoms with Gasteiger partial charge in [0.2, 0.25) is 47.6 Å². The standard InChI is InChI=1S/C23H29N3O16S.C17H21N5O9S.C15H18N4O8S/c24-8(20(36)37)1-2-12(29)26-9(19(35)25-5-13(30)31)6-43-18-10(27)3-7(4-11(18)28)22(40)42-23-16(34)14(32)15(33)17(41-23)21(38)39;18-9(17(28)29)2-4-13(23)21-10(16(27)20-6-14(24)25)7-32-12-3-1-8(15(19)26)5-11(12)22(30)31;16-8(14(22)23)2-4-12(20)18-9(15(24)25)6-28-11-3-1-7(13(17)21)5-10(11)19(26)27/h3-4,8-9,14-17,23,27-28,32-34H,1-2,5-6,24H2,(H,25,35)(H,26,29)(H,30,31)(H,36,37)(H,38,39);1,3,5,9-10H,2,4,6-7,18H2,(H2,19,26)(H,20,27)(H,21,23)(H,24,25)(H,28,29);1,3,5,8-9H,2,4,6,16H2,(H2,17,21)(H,18,20)(H,22,23)(H,24,25)/t8?,9?,14-,15-,16+,17?,23?;;/m0../s1. The number of carbonyl (C=O) groups is 15. The van der Waals surface area contributed by atoms with E-state index in [9.17, 15) is 123 Å². The monoisotopic (exact) mass is 1520 g/mol. The van der Waals surface area contributed by atoms with Gasteiger partial charge in [0.15, 0.2) is 6.10 Å². The van der Waals surface area contributed by atoms with Crippen molar-refractivity contribution in [3.63, 3.8) is 0 Å². The highest BCUT2D eigenvalue weighted by Gasteiger charge is 2.49. The van der Waals surface area contributed by atoms with Crippen LogP contribution >= 0.6 is 35.3 Å². The van der Waals surface area contributed by atoms with Gasteiger partial charge in [0.1, 0.15) is 79.2 Å². The number of aliphatic hydroxyl groups excluding tert-OH is 3. The maximum Gasteiger partial charge on any atom is 0.340 e. The Labute approximate surface area is 588 Å². The summed E-state index contributed by atoms with van der Waals surface area (Å²) in [7, 11) is 0. The number of benzene rings is 3. The van der Waals surface area contributed by atoms with Crippen molar-refractivity contribution in [2.45, 2.75) is 120 Å². The van der Waals surface area contributed by atoms with Crippen LogP contribution in [0.5, 0.6) is 11.5 Å². The summed E-state index contributed by atoms with van der Waals surface area (Å²) < 4.78 is 9.68. The van der Waals surface area contributed by atoms with Crippen LogP contribution in [0.15, 0.2) is 63.2 Å². The number of carbonyl (C=O) groups excluding carboxylic acids is 8. The van der Waals surface area contributed by atoms with Gasteiger partial charge in [0.05, 0.1) is 30.1 Å². The van der Waals surface area contributed by atoms with E-state index < -0.39 is 220 Å². The summed E-state index contributed by atoms with van der Waals surface area (Å²) in [5.41, 5.74) is 24.5. The molecule has 0 aliphatic carbocycles. The average molecular weight is 1520 g/mol. The molecule has 103 heavy (non-hydrogen) atoms. The number of nitrogens with zero attached hydrogens (tertiary/aromatic N) is 2. The van der Waals surface area contributed by atoms with Crippen molar-refractivity contribution in [2.24, 2.45) is 28.7 Å². The Bertz CT molecular complexity index is 3680. The van der Waals surface area contributed by atoms with Crippen molar-refractivity contribution >= 4 is 136 Å². The normalized spacial score (nSPS) is 16.8. The first kappa shape index (κ1) is 88.0. The minimum absolute atomic E-state index is 0.0678. The molecular weight excluding hydrogens is 1450 g/mol. The van der Waals surface area contributed by atoms with Crippen LogP contribution in [0, 0.1) is 20.2 Å². The third kappa shape index (κ3) is 29.9. The number of rotatable bonds is 38. The summed E-state index contributed by atoms with van der Waals surface area (Å²) in [6.07, 6.45) is -12.0. The first-order chi connectivity index (χ1) is 48.0. The molecule has 0 saturated carbocycles. The van der Waals surface area contributed by atoms with Crippen LogP contribution in [0.1, 0.15) is 69.6 Å². The number of carboxylic acids is 7. The van der Waals surface area contributed by atoms with Gasteiger partial charge in [-0.15, -0.1) is 35.3 Å². The average Bonchev–Trinajstić information content (AvgIpc) is 0.805. The molecule has 45 nitrogen and oxygen atoms in total. The largest absolute Gasteiger partial charge is 0.507 e. The molecule has 3 aromatic carbocycles. The van der Waals surface area contributed by atoms with Crippen LogP contribution in [0.3, 0.4) is 0 Å². The van der Waals surface area contributed by atoms with E-state index in [1.165, 1.54) is 24.3 Å². The number of nitro groups is 2. The Morgan fingerprint density at radius 2 is 0.864 bits per heavy atom. The summed E-state index contributed by atoms with van der Waals surface area (Å²) in [5, 5.41) is 146. The fraction of sp³-hybridized carbons (Fsp3) is 0.400. The number of primary amides is 2. The molecule has 1 saturated heterocycles. The maximum absolute atomic E-state index is 12.6. The quantitative estimate of drug-likeness (QED) is 0.0110. The number of aromatic hydroxyl groups is 2. The number of carboxylic acid groups (broad SMARTS) is 7. The van der Waals surface area contributed by atoms with Crippen molar-refractivity contribution in [1.82, 2.24) is 26.6 Å². The third-order valence-corrected chi connectivity index (χ3v) is 16.7. The fourth-order valence-corrected chi connectivity index (χ4v) is 10.7. The number of phenols is 2. The molecule has 8 unspecified atom stereocenters. The highest BCUT2D eigenvalue weighted by Crippen LogP contribution is 2.39. The number of aliphatic hydroxyl groups is 3. The number of esters is 1. The predicted molar refractivity (Wildman–Crippen MR) is 344 cm³/mol. The number of ether oxygens (including phenoxy) is 2. The number of nitrogens with two attached hydrogens (primary N) is 5. The van der Waals surface area contributed by atoms with Crippen LogP contribution in [-0.2, 0) is 67.0 Å². The van der Waals surface area contributed by atoms with E-state index in [0.717, 1.165) is 47.8 Å². The molecule has 1 aliphatic heterocycles. The molecule has 0 radical (unpaired) electrons. The lowest BCUT2D eigenvalue weighted by atomic mass is 9.99. The molecule has 0 bridgehead atoms. The molecule has 3 aromatic rings. The van der Waals surface area contributed by atoms with Crippen molar-refractivity contribution in [3.8, 4) is 11.5 Å². The molecule has 1 heterocycles. The predicted octanol–water partition coefficient (Wildman–Crippen LogP) is -5.67. The molecule has 1 aliphatic rings. The second-order valence-electron chi connectivity index (χ2n) is 20.9. The van der Waals surface area contributed by atoms with Crippen LogP contribution in [0.2, 0.25) is 0 Å². The molecular formula is C55H68N12O33S3. The van der Waals surface area contributed by atoms with E-state index in [4.69, 9.17) is 68.8 Å². The first-order valence-electron chi connectivity index (χ1n) is 28.8. The zero-order valence-corrected chi connectivity index (χ0v) is 55.1. The van der Waals surface area contributed by atoms with Gasteiger partial charge in [-0.3, -0.25) is 77.8 Å². The van der Waals surface area contributed by atoms with E-state index in [1.807, 2.05) is 5.32 Å². The number of phenolic OH excluding ortho intramolecular Hbond substituents is 2. The number of hydrogen-bond donors (Lipinski definition) is 22. The van der Waals surface area contributed by atoms with Gasteiger partial charge in [-0.2, -0.15) is 0 Å². The van der Waals surface area contributed by atoms with Crippen LogP contribution in [0.4, 0.5) is 11.4 Å². The zero-order valence-electron chi connectivity index (χ0n) is 52.7. The Balaban J connectivity index is 0.000000540. The lowest BCUT2D eigenvalue weighted by Crippen LogP contribution is -2.60. The van der Waals surface area contributed by atoms with Crippen LogP contribution < -0.4 is 55.3 Å². The molecule has 48 heteroatoms. The number of amides is 7. The smallest absolute Gasteiger partial charge is 0.340 e. The second kappa shape index (κ2) is 42.2. The molecule has 0 aromatic heterocycles. The number of nitrogens with one attached hydrogen (secondary N) is 5. The van der Waals surface area contributed by atoms with Gasteiger partial charge in [-0.05, 0) is 55.7 Å². The van der Waals surface area contributed by atoms with Crippen LogP contribution in [-0.4, -0.2) is 258 Å². The van der Waals surface area contributed by atoms with Crippen molar-refractivity contribution in [3.05, 3.63) is 85.4 Å². The summed E-state index contributed by atoms with van der Waals surface area (Å²) in [6.45, 7) is -1.54. The van der Waals surface area contributed by atoms with Gasteiger partial charge in [-0.25, -0.2) is 14.4 Å². The molecule has 1 fully saturated rings.